The maximum atomic E-state index is 10.1. The molecule has 1 aliphatic rings. The summed E-state index contributed by atoms with van der Waals surface area (Å²) in [4.78, 5) is 2.40. The van der Waals surface area contributed by atoms with Crippen LogP contribution >= 0.6 is 0 Å². The van der Waals surface area contributed by atoms with E-state index in [0.29, 0.717) is 0 Å². The summed E-state index contributed by atoms with van der Waals surface area (Å²) in [6.07, 6.45) is 3.23. The van der Waals surface area contributed by atoms with Crippen LogP contribution in [0.15, 0.2) is 18.2 Å². The fourth-order valence-electron chi connectivity index (χ4n) is 2.91. The molecule has 1 aliphatic heterocycles. The minimum absolute atomic E-state index is 0.508. The van der Waals surface area contributed by atoms with E-state index >= 15 is 0 Å². The average Bonchev–Trinajstić information content (AvgIpc) is 2.62. The molecule has 1 aromatic rings. The van der Waals surface area contributed by atoms with E-state index in [2.05, 4.69) is 17.9 Å². The zero-order valence-electron chi connectivity index (χ0n) is 12.2. The number of nitrogens with zero attached hydrogens (tertiary/aromatic N) is 1. The fourth-order valence-corrected chi connectivity index (χ4v) is 2.91. The summed E-state index contributed by atoms with van der Waals surface area (Å²) in [6, 6.07) is 6.03. The van der Waals surface area contributed by atoms with Gasteiger partial charge in [-0.25, -0.2) is 0 Å². The first-order valence-corrected chi connectivity index (χ1v) is 7.23. The van der Waals surface area contributed by atoms with Crippen LogP contribution in [0, 0.1) is 5.92 Å². The number of hydrogen-bond acceptors (Lipinski definition) is 3. The molecule has 0 bridgehead atoms. The predicted octanol–water partition coefficient (Wildman–Crippen LogP) is 3.37. The van der Waals surface area contributed by atoms with Gasteiger partial charge in [0.05, 0.1) is 13.2 Å². The quantitative estimate of drug-likeness (QED) is 0.907. The van der Waals surface area contributed by atoms with E-state index in [9.17, 15) is 5.11 Å². The standard InChI is InChI=1S/C16H25NO2/c1-12-6-5-10-17(11-9-12)14-7-4-8-15(19-3)16(14)13(2)18/h4,7-8,12-13,18H,5-6,9-11H2,1-3H3/t12?,13-/m0/s1. The average molecular weight is 263 g/mol. The summed E-state index contributed by atoms with van der Waals surface area (Å²) in [5.41, 5.74) is 2.04. The Morgan fingerprint density at radius 3 is 2.79 bits per heavy atom. The van der Waals surface area contributed by atoms with E-state index in [1.54, 1.807) is 7.11 Å². The van der Waals surface area contributed by atoms with Gasteiger partial charge in [-0.3, -0.25) is 0 Å². The number of aliphatic hydroxyl groups is 1. The van der Waals surface area contributed by atoms with Crippen LogP contribution in [0.5, 0.6) is 5.75 Å². The Kier molecular flexibility index (Phi) is 4.70. The van der Waals surface area contributed by atoms with Crippen molar-refractivity contribution >= 4 is 5.69 Å². The number of methoxy groups -OCH3 is 1. The summed E-state index contributed by atoms with van der Waals surface area (Å²) < 4.78 is 5.40. The first-order valence-electron chi connectivity index (χ1n) is 7.23. The Labute approximate surface area is 116 Å². The number of hydrogen-bond donors (Lipinski definition) is 1. The molecule has 106 valence electrons. The van der Waals surface area contributed by atoms with Crippen LogP contribution in [0.3, 0.4) is 0 Å². The molecule has 19 heavy (non-hydrogen) atoms. The number of aliphatic hydroxyl groups excluding tert-OH is 1. The van der Waals surface area contributed by atoms with Gasteiger partial charge in [0.1, 0.15) is 5.75 Å². The van der Waals surface area contributed by atoms with Gasteiger partial charge in [-0.2, -0.15) is 0 Å². The lowest BCUT2D eigenvalue weighted by molar-refractivity contribution is 0.194. The van der Waals surface area contributed by atoms with Crippen LogP contribution in [0.25, 0.3) is 0 Å². The molecule has 3 nitrogen and oxygen atoms in total. The lowest BCUT2D eigenvalue weighted by atomic mass is 10.0. The second kappa shape index (κ2) is 6.29. The van der Waals surface area contributed by atoms with Crippen LogP contribution in [0.2, 0.25) is 0 Å². The number of benzene rings is 1. The van der Waals surface area contributed by atoms with Crippen molar-refractivity contribution in [3.63, 3.8) is 0 Å². The molecule has 1 aromatic carbocycles. The van der Waals surface area contributed by atoms with Gasteiger partial charge in [0.15, 0.2) is 0 Å². The van der Waals surface area contributed by atoms with Gasteiger partial charge in [0, 0.05) is 24.3 Å². The maximum absolute atomic E-state index is 10.1. The fraction of sp³-hybridized carbons (Fsp3) is 0.625. The first-order chi connectivity index (χ1) is 9.13. The molecule has 0 aromatic heterocycles. The van der Waals surface area contributed by atoms with E-state index in [4.69, 9.17) is 4.74 Å². The van der Waals surface area contributed by atoms with Gasteiger partial charge < -0.3 is 14.7 Å². The molecule has 1 unspecified atom stereocenters. The van der Waals surface area contributed by atoms with Crippen molar-refractivity contribution in [1.82, 2.24) is 0 Å². The Morgan fingerprint density at radius 1 is 1.32 bits per heavy atom. The summed E-state index contributed by atoms with van der Waals surface area (Å²) in [7, 11) is 1.66. The third-order valence-corrected chi connectivity index (χ3v) is 4.04. The molecule has 1 heterocycles. The maximum Gasteiger partial charge on any atom is 0.126 e. The van der Waals surface area contributed by atoms with Gasteiger partial charge >= 0.3 is 0 Å². The van der Waals surface area contributed by atoms with Crippen LogP contribution in [0.1, 0.15) is 44.8 Å². The molecule has 0 amide bonds. The molecular weight excluding hydrogens is 238 g/mol. The lowest BCUT2D eigenvalue weighted by Gasteiger charge is -2.27. The van der Waals surface area contributed by atoms with Crippen LogP contribution < -0.4 is 9.64 Å². The van der Waals surface area contributed by atoms with Crippen LogP contribution in [0.4, 0.5) is 5.69 Å². The van der Waals surface area contributed by atoms with Crippen molar-refractivity contribution in [1.29, 1.82) is 0 Å². The molecule has 0 spiro atoms. The van der Waals surface area contributed by atoms with E-state index in [1.807, 2.05) is 19.1 Å². The molecule has 2 atom stereocenters. The van der Waals surface area contributed by atoms with Crippen LogP contribution in [-0.2, 0) is 0 Å². The lowest BCUT2D eigenvalue weighted by Crippen LogP contribution is -2.25. The summed E-state index contributed by atoms with van der Waals surface area (Å²) in [6.45, 7) is 6.26. The highest BCUT2D eigenvalue weighted by Gasteiger charge is 2.20. The molecule has 1 fully saturated rings. The molecule has 3 heteroatoms. The predicted molar refractivity (Wildman–Crippen MR) is 78.9 cm³/mol. The van der Waals surface area contributed by atoms with Gasteiger partial charge in [0.25, 0.3) is 0 Å². The number of ether oxygens (including phenoxy) is 1. The third-order valence-electron chi connectivity index (χ3n) is 4.04. The van der Waals surface area contributed by atoms with E-state index < -0.39 is 6.10 Å². The Bertz CT molecular complexity index is 417. The van der Waals surface area contributed by atoms with Crippen LogP contribution in [-0.4, -0.2) is 25.3 Å². The van der Waals surface area contributed by atoms with Crippen molar-refractivity contribution in [3.8, 4) is 5.75 Å². The number of rotatable bonds is 3. The van der Waals surface area contributed by atoms with E-state index in [0.717, 1.165) is 36.0 Å². The molecule has 0 radical (unpaired) electrons. The van der Waals surface area contributed by atoms with Gasteiger partial charge in [0.2, 0.25) is 0 Å². The first kappa shape index (κ1) is 14.2. The smallest absolute Gasteiger partial charge is 0.126 e. The van der Waals surface area contributed by atoms with Gasteiger partial charge in [-0.05, 0) is 44.2 Å². The highest BCUT2D eigenvalue weighted by molar-refractivity contribution is 5.60. The van der Waals surface area contributed by atoms with Gasteiger partial charge in [-0.15, -0.1) is 0 Å². The molecule has 0 saturated carbocycles. The van der Waals surface area contributed by atoms with Crippen molar-refractivity contribution in [2.24, 2.45) is 5.92 Å². The SMILES string of the molecule is COc1cccc(N2CCCC(C)CC2)c1[C@H](C)O. The topological polar surface area (TPSA) is 32.7 Å². The summed E-state index contributed by atoms with van der Waals surface area (Å²) in [5.74, 6) is 1.58. The highest BCUT2D eigenvalue weighted by atomic mass is 16.5. The Balaban J connectivity index is 2.32. The molecule has 1 saturated heterocycles. The monoisotopic (exact) mass is 263 g/mol. The molecular formula is C16H25NO2. The summed E-state index contributed by atoms with van der Waals surface area (Å²) in [5, 5.41) is 10.1. The molecule has 1 N–H and O–H groups in total. The van der Waals surface area contributed by atoms with E-state index in [-0.39, 0.29) is 0 Å². The minimum Gasteiger partial charge on any atom is -0.496 e. The van der Waals surface area contributed by atoms with Crippen molar-refractivity contribution in [2.75, 3.05) is 25.1 Å². The van der Waals surface area contributed by atoms with Crippen molar-refractivity contribution in [3.05, 3.63) is 23.8 Å². The zero-order chi connectivity index (χ0) is 13.8. The Hall–Kier alpha value is -1.22. The normalized spacial score (nSPS) is 21.9. The largest absolute Gasteiger partial charge is 0.496 e. The van der Waals surface area contributed by atoms with Crippen molar-refractivity contribution in [2.45, 2.75) is 39.2 Å². The highest BCUT2D eigenvalue weighted by Crippen LogP contribution is 2.35. The zero-order valence-corrected chi connectivity index (χ0v) is 12.2. The minimum atomic E-state index is -0.508. The summed E-state index contributed by atoms with van der Waals surface area (Å²) >= 11 is 0. The second-order valence-electron chi connectivity index (χ2n) is 5.59. The van der Waals surface area contributed by atoms with E-state index in [1.165, 1.54) is 19.3 Å². The third kappa shape index (κ3) is 3.21. The van der Waals surface area contributed by atoms with Crippen molar-refractivity contribution < 1.29 is 9.84 Å². The molecule has 2 rings (SSSR count). The molecule has 0 aliphatic carbocycles. The number of anilines is 1. The van der Waals surface area contributed by atoms with Gasteiger partial charge in [-0.1, -0.05) is 13.0 Å². The Morgan fingerprint density at radius 2 is 2.11 bits per heavy atom. The second-order valence-corrected chi connectivity index (χ2v) is 5.59.